The Bertz CT molecular complexity index is 241. The Morgan fingerprint density at radius 3 is 1.76 bits per heavy atom. The van der Waals surface area contributed by atoms with Crippen molar-refractivity contribution in [1.29, 1.82) is 0 Å². The maximum absolute atomic E-state index is 10.7. The van der Waals surface area contributed by atoms with E-state index < -0.39 is 5.97 Å². The normalized spacial score (nSPS) is 12.8. The van der Waals surface area contributed by atoms with Gasteiger partial charge in [-0.25, -0.2) is 0 Å². The van der Waals surface area contributed by atoms with E-state index >= 15 is 0 Å². The molecule has 0 amide bonds. The highest BCUT2D eigenvalue weighted by Gasteiger charge is 2.15. The van der Waals surface area contributed by atoms with Crippen LogP contribution in [-0.2, 0) is 4.79 Å². The van der Waals surface area contributed by atoms with E-state index in [4.69, 9.17) is 5.11 Å². The van der Waals surface area contributed by atoms with Crippen molar-refractivity contribution in [1.82, 2.24) is 0 Å². The second kappa shape index (κ2) is 14.4. The fourth-order valence-electron chi connectivity index (χ4n) is 2.90. The van der Waals surface area contributed by atoms with Crippen LogP contribution in [0, 0.1) is 0 Å². The Kier molecular flexibility index (Phi) is 14.0. The fraction of sp³-hybridized carbons (Fsp3) is 0.944. The van der Waals surface area contributed by atoms with Crippen molar-refractivity contribution >= 4 is 5.97 Å². The highest BCUT2D eigenvalue weighted by molar-refractivity contribution is 5.66. The molecular weight excluding hydrogens is 262 g/mol. The summed E-state index contributed by atoms with van der Waals surface area (Å²) in [4.78, 5) is 12.1. The van der Waals surface area contributed by atoms with Crippen molar-refractivity contribution in [3.8, 4) is 0 Å². The van der Waals surface area contributed by atoms with Crippen LogP contribution in [0.3, 0.4) is 0 Å². The van der Waals surface area contributed by atoms with Crippen molar-refractivity contribution in [2.75, 3.05) is 14.1 Å². The zero-order valence-corrected chi connectivity index (χ0v) is 14.6. The minimum absolute atomic E-state index is 0.313. The molecule has 0 aromatic rings. The van der Waals surface area contributed by atoms with Crippen molar-refractivity contribution in [2.45, 2.75) is 96.4 Å². The van der Waals surface area contributed by atoms with Gasteiger partial charge >= 0.3 is 5.97 Å². The van der Waals surface area contributed by atoms with E-state index in [1.165, 1.54) is 75.5 Å². The Morgan fingerprint density at radius 1 is 0.857 bits per heavy atom. The van der Waals surface area contributed by atoms with Gasteiger partial charge in [-0.15, -0.1) is 0 Å². The molecule has 0 spiro atoms. The summed E-state index contributed by atoms with van der Waals surface area (Å²) in [5, 5.41) is 8.78. The third-order valence-corrected chi connectivity index (χ3v) is 4.43. The summed E-state index contributed by atoms with van der Waals surface area (Å²) in [5.74, 6) is -0.663. The van der Waals surface area contributed by atoms with Crippen molar-refractivity contribution in [2.24, 2.45) is 0 Å². The number of carboxylic acids is 1. The van der Waals surface area contributed by atoms with E-state index in [0.717, 1.165) is 6.42 Å². The molecule has 0 saturated heterocycles. The lowest BCUT2D eigenvalue weighted by molar-refractivity contribution is -0.886. The average molecular weight is 301 g/mol. The van der Waals surface area contributed by atoms with Gasteiger partial charge in [-0.05, 0) is 12.8 Å². The summed E-state index contributed by atoms with van der Waals surface area (Å²) < 4.78 is 0. The van der Waals surface area contributed by atoms with E-state index in [-0.39, 0.29) is 0 Å². The third-order valence-electron chi connectivity index (χ3n) is 4.43. The molecule has 0 aliphatic rings. The first kappa shape index (κ1) is 20.4. The van der Waals surface area contributed by atoms with Gasteiger partial charge in [0.1, 0.15) is 0 Å². The van der Waals surface area contributed by atoms with E-state index in [0.29, 0.717) is 12.5 Å². The average Bonchev–Trinajstić information content (AvgIpc) is 2.43. The molecule has 0 heterocycles. The Balaban J connectivity index is 3.43. The quantitative estimate of drug-likeness (QED) is 0.453. The highest BCUT2D eigenvalue weighted by Crippen LogP contribution is 2.12. The van der Waals surface area contributed by atoms with Gasteiger partial charge in [0, 0.05) is 6.42 Å². The molecule has 0 bridgehead atoms. The monoisotopic (exact) mass is 300 g/mol. The molecule has 0 aliphatic heterocycles. The van der Waals surface area contributed by atoms with Crippen LogP contribution in [0.25, 0.3) is 0 Å². The molecule has 126 valence electrons. The molecular formula is C18H38NO2+. The predicted molar refractivity (Wildman–Crippen MR) is 89.9 cm³/mol. The first-order chi connectivity index (χ1) is 10.1. The largest absolute Gasteiger partial charge is 0.481 e. The number of nitrogens with one attached hydrogen (secondary N) is 1. The van der Waals surface area contributed by atoms with Crippen molar-refractivity contribution < 1.29 is 14.8 Å². The highest BCUT2D eigenvalue weighted by atomic mass is 16.4. The topological polar surface area (TPSA) is 41.7 Å². The van der Waals surface area contributed by atoms with E-state index in [1.54, 1.807) is 0 Å². The molecule has 0 aromatic carbocycles. The SMILES string of the molecule is CCCCCCCCCCCCC(CCC(=O)O)[NH+](C)C. The minimum Gasteiger partial charge on any atom is -0.481 e. The first-order valence-corrected chi connectivity index (χ1v) is 9.09. The number of hydrogen-bond donors (Lipinski definition) is 2. The fourth-order valence-corrected chi connectivity index (χ4v) is 2.90. The van der Waals surface area contributed by atoms with Crippen LogP contribution in [-0.4, -0.2) is 31.2 Å². The summed E-state index contributed by atoms with van der Waals surface area (Å²) >= 11 is 0. The molecule has 0 radical (unpaired) electrons. The molecule has 0 aromatic heterocycles. The first-order valence-electron chi connectivity index (χ1n) is 9.09. The van der Waals surface area contributed by atoms with Crippen LogP contribution in [0.4, 0.5) is 0 Å². The smallest absolute Gasteiger partial charge is 0.303 e. The number of unbranched alkanes of at least 4 members (excludes halogenated alkanes) is 9. The number of quaternary nitrogens is 1. The van der Waals surface area contributed by atoms with E-state index in [9.17, 15) is 4.79 Å². The lowest BCUT2D eigenvalue weighted by Gasteiger charge is -2.20. The van der Waals surface area contributed by atoms with Gasteiger partial charge in [0.25, 0.3) is 0 Å². The Hall–Kier alpha value is -0.570. The molecule has 3 nitrogen and oxygen atoms in total. The van der Waals surface area contributed by atoms with Gasteiger partial charge in [0.2, 0.25) is 0 Å². The number of hydrogen-bond acceptors (Lipinski definition) is 1. The Morgan fingerprint density at radius 2 is 1.33 bits per heavy atom. The molecule has 1 atom stereocenters. The lowest BCUT2D eigenvalue weighted by atomic mass is 10.0. The molecule has 0 rings (SSSR count). The summed E-state index contributed by atoms with van der Waals surface area (Å²) in [5.41, 5.74) is 0. The molecule has 2 N–H and O–H groups in total. The second-order valence-corrected chi connectivity index (χ2v) is 6.68. The summed E-state index contributed by atoms with van der Waals surface area (Å²) in [6, 6.07) is 0.509. The van der Waals surface area contributed by atoms with Gasteiger partial charge in [-0.1, -0.05) is 64.7 Å². The van der Waals surface area contributed by atoms with Gasteiger partial charge in [-0.3, -0.25) is 4.79 Å². The lowest BCUT2D eigenvalue weighted by Crippen LogP contribution is -3.10. The predicted octanol–water partition coefficient (Wildman–Crippen LogP) is 3.68. The van der Waals surface area contributed by atoms with Crippen LogP contribution in [0.15, 0.2) is 0 Å². The number of aliphatic carboxylic acids is 1. The maximum atomic E-state index is 10.7. The van der Waals surface area contributed by atoms with E-state index in [2.05, 4.69) is 21.0 Å². The summed E-state index contributed by atoms with van der Waals surface area (Å²) in [6.07, 6.45) is 15.9. The number of carboxylic acid groups (broad SMARTS) is 1. The zero-order valence-electron chi connectivity index (χ0n) is 14.6. The molecule has 21 heavy (non-hydrogen) atoms. The summed E-state index contributed by atoms with van der Waals surface area (Å²) in [6.45, 7) is 2.26. The van der Waals surface area contributed by atoms with Crippen molar-refractivity contribution in [3.05, 3.63) is 0 Å². The standard InChI is InChI=1S/C18H37NO2/c1-4-5-6-7-8-9-10-11-12-13-14-17(19(2)3)15-16-18(20)21/h17H,4-16H2,1-3H3,(H,20,21)/p+1. The number of rotatable bonds is 15. The minimum atomic E-state index is -0.663. The second-order valence-electron chi connectivity index (χ2n) is 6.68. The van der Waals surface area contributed by atoms with Gasteiger partial charge < -0.3 is 10.0 Å². The number of carbonyl (C=O) groups is 1. The Labute approximate surface area is 132 Å². The third kappa shape index (κ3) is 14.1. The summed E-state index contributed by atoms with van der Waals surface area (Å²) in [7, 11) is 4.28. The molecule has 3 heteroatoms. The van der Waals surface area contributed by atoms with Crippen LogP contribution >= 0.6 is 0 Å². The van der Waals surface area contributed by atoms with Crippen LogP contribution < -0.4 is 4.90 Å². The van der Waals surface area contributed by atoms with Gasteiger partial charge in [-0.2, -0.15) is 0 Å². The maximum Gasteiger partial charge on any atom is 0.303 e. The van der Waals surface area contributed by atoms with Crippen molar-refractivity contribution in [3.63, 3.8) is 0 Å². The van der Waals surface area contributed by atoms with Crippen LogP contribution in [0.2, 0.25) is 0 Å². The van der Waals surface area contributed by atoms with Crippen LogP contribution in [0.5, 0.6) is 0 Å². The van der Waals surface area contributed by atoms with Gasteiger partial charge in [0.05, 0.1) is 26.6 Å². The molecule has 0 fully saturated rings. The molecule has 0 saturated carbocycles. The molecule has 1 unspecified atom stereocenters. The van der Waals surface area contributed by atoms with Gasteiger partial charge in [0.15, 0.2) is 0 Å². The van der Waals surface area contributed by atoms with Crippen LogP contribution in [0.1, 0.15) is 90.4 Å². The molecule has 0 aliphatic carbocycles. The van der Waals surface area contributed by atoms with E-state index in [1.807, 2.05) is 0 Å². The zero-order chi connectivity index (χ0) is 15.9.